The molecule has 3 rings (SSSR count). The average molecular weight is 399 g/mol. The molecule has 0 bridgehead atoms. The van der Waals surface area contributed by atoms with Gasteiger partial charge in [0.2, 0.25) is 0 Å². The van der Waals surface area contributed by atoms with Gasteiger partial charge in [-0.25, -0.2) is 0 Å². The minimum Gasteiger partial charge on any atom is -0.489 e. The maximum absolute atomic E-state index is 5.83. The molecule has 128 valence electrons. The highest BCUT2D eigenvalue weighted by Gasteiger charge is 2.05. The molecule has 0 aliphatic heterocycles. The molecule has 0 saturated carbocycles. The lowest BCUT2D eigenvalue weighted by Gasteiger charge is -2.10. The van der Waals surface area contributed by atoms with Gasteiger partial charge in [-0.2, -0.15) is 0 Å². The standard InChI is InChI=1S/C21H19BrO3/c1-23-15-25-21-13-18(9-12-20(21)22)17-7-10-19(11-8-17)24-14-16-5-3-2-4-6-16/h2-13H,14-15H2,1H3. The van der Waals surface area contributed by atoms with E-state index in [2.05, 4.69) is 28.1 Å². The van der Waals surface area contributed by atoms with Crippen molar-refractivity contribution in [2.75, 3.05) is 13.9 Å². The lowest BCUT2D eigenvalue weighted by Crippen LogP contribution is -1.99. The second-order valence-electron chi connectivity index (χ2n) is 5.49. The Morgan fingerprint density at radius 2 is 1.52 bits per heavy atom. The summed E-state index contributed by atoms with van der Waals surface area (Å²) in [5.74, 6) is 1.60. The molecule has 0 atom stereocenters. The number of benzene rings is 3. The maximum Gasteiger partial charge on any atom is 0.188 e. The molecule has 3 aromatic rings. The molecule has 0 aliphatic rings. The van der Waals surface area contributed by atoms with Crippen molar-refractivity contribution in [2.45, 2.75) is 6.61 Å². The maximum atomic E-state index is 5.83. The third-order valence-electron chi connectivity index (χ3n) is 3.70. The van der Waals surface area contributed by atoms with Crippen LogP contribution in [-0.2, 0) is 11.3 Å². The summed E-state index contributed by atoms with van der Waals surface area (Å²) in [6, 6.07) is 24.2. The molecule has 0 amide bonds. The fraction of sp³-hybridized carbons (Fsp3) is 0.143. The Bertz CT molecular complexity index is 801. The molecule has 0 heterocycles. The van der Waals surface area contributed by atoms with Gasteiger partial charge in [-0.3, -0.25) is 0 Å². The predicted molar refractivity (Wildman–Crippen MR) is 103 cm³/mol. The van der Waals surface area contributed by atoms with Gasteiger partial charge in [0, 0.05) is 7.11 Å². The first kappa shape index (κ1) is 17.5. The third kappa shape index (κ3) is 4.84. The van der Waals surface area contributed by atoms with Crippen LogP contribution in [0, 0.1) is 0 Å². The predicted octanol–water partition coefficient (Wildman–Crippen LogP) is 5.68. The zero-order valence-electron chi connectivity index (χ0n) is 13.9. The Hall–Kier alpha value is -2.30. The molecule has 0 N–H and O–H groups in total. The van der Waals surface area contributed by atoms with E-state index in [9.17, 15) is 0 Å². The lowest BCUT2D eigenvalue weighted by molar-refractivity contribution is 0.0506. The van der Waals surface area contributed by atoms with Crippen LogP contribution in [0.4, 0.5) is 0 Å². The smallest absolute Gasteiger partial charge is 0.188 e. The molecule has 0 aromatic heterocycles. The van der Waals surface area contributed by atoms with Crippen LogP contribution in [0.5, 0.6) is 11.5 Å². The largest absolute Gasteiger partial charge is 0.489 e. The topological polar surface area (TPSA) is 27.7 Å². The molecule has 0 unspecified atom stereocenters. The first-order valence-electron chi connectivity index (χ1n) is 7.95. The van der Waals surface area contributed by atoms with E-state index in [1.807, 2.05) is 60.7 Å². The van der Waals surface area contributed by atoms with Gasteiger partial charge in [0.1, 0.15) is 18.1 Å². The number of rotatable bonds is 7. The number of methoxy groups -OCH3 is 1. The highest BCUT2D eigenvalue weighted by atomic mass is 79.9. The zero-order valence-corrected chi connectivity index (χ0v) is 15.5. The van der Waals surface area contributed by atoms with Gasteiger partial charge < -0.3 is 14.2 Å². The van der Waals surface area contributed by atoms with Crippen LogP contribution in [0.15, 0.2) is 77.3 Å². The molecular formula is C21H19BrO3. The van der Waals surface area contributed by atoms with Crippen LogP contribution < -0.4 is 9.47 Å². The summed E-state index contributed by atoms with van der Waals surface area (Å²) in [6.45, 7) is 0.780. The van der Waals surface area contributed by atoms with Crippen molar-refractivity contribution in [1.82, 2.24) is 0 Å². The van der Waals surface area contributed by atoms with Crippen molar-refractivity contribution in [3.05, 3.63) is 82.8 Å². The van der Waals surface area contributed by atoms with Crippen molar-refractivity contribution < 1.29 is 14.2 Å². The molecule has 4 heteroatoms. The van der Waals surface area contributed by atoms with Crippen LogP contribution in [-0.4, -0.2) is 13.9 Å². The van der Waals surface area contributed by atoms with E-state index in [4.69, 9.17) is 14.2 Å². The van der Waals surface area contributed by atoms with Gasteiger partial charge in [0.15, 0.2) is 6.79 Å². The van der Waals surface area contributed by atoms with Gasteiger partial charge >= 0.3 is 0 Å². The zero-order chi connectivity index (χ0) is 17.5. The third-order valence-corrected chi connectivity index (χ3v) is 4.35. The van der Waals surface area contributed by atoms with Gasteiger partial charge in [0.05, 0.1) is 4.47 Å². The fourth-order valence-corrected chi connectivity index (χ4v) is 2.76. The lowest BCUT2D eigenvalue weighted by atomic mass is 10.1. The first-order chi connectivity index (χ1) is 12.3. The Morgan fingerprint density at radius 1 is 0.800 bits per heavy atom. The van der Waals surface area contributed by atoms with Crippen molar-refractivity contribution in [3.8, 4) is 22.6 Å². The van der Waals surface area contributed by atoms with Gasteiger partial charge in [-0.1, -0.05) is 48.5 Å². The van der Waals surface area contributed by atoms with Gasteiger partial charge in [-0.15, -0.1) is 0 Å². The molecule has 3 nitrogen and oxygen atoms in total. The van der Waals surface area contributed by atoms with E-state index in [0.717, 1.165) is 32.7 Å². The summed E-state index contributed by atoms with van der Waals surface area (Å²) in [5, 5.41) is 0. The monoisotopic (exact) mass is 398 g/mol. The molecule has 3 aromatic carbocycles. The normalized spacial score (nSPS) is 10.5. The molecule has 0 aliphatic carbocycles. The van der Waals surface area contributed by atoms with Gasteiger partial charge in [-0.05, 0) is 56.9 Å². The first-order valence-corrected chi connectivity index (χ1v) is 8.74. The van der Waals surface area contributed by atoms with Crippen molar-refractivity contribution in [2.24, 2.45) is 0 Å². The molecule has 0 fully saturated rings. The summed E-state index contributed by atoms with van der Waals surface area (Å²) in [7, 11) is 1.60. The fourth-order valence-electron chi connectivity index (χ4n) is 2.40. The molecule has 0 radical (unpaired) electrons. The second kappa shape index (κ2) is 8.70. The van der Waals surface area contributed by atoms with Crippen LogP contribution in [0.25, 0.3) is 11.1 Å². The number of ether oxygens (including phenoxy) is 3. The van der Waals surface area contributed by atoms with Crippen LogP contribution in [0.2, 0.25) is 0 Å². The van der Waals surface area contributed by atoms with E-state index in [1.54, 1.807) is 7.11 Å². The van der Waals surface area contributed by atoms with Crippen molar-refractivity contribution in [1.29, 1.82) is 0 Å². The van der Waals surface area contributed by atoms with E-state index < -0.39 is 0 Å². The summed E-state index contributed by atoms with van der Waals surface area (Å²) in [5.41, 5.74) is 3.32. The van der Waals surface area contributed by atoms with Crippen molar-refractivity contribution >= 4 is 15.9 Å². The summed E-state index contributed by atoms with van der Waals surface area (Å²) >= 11 is 3.49. The van der Waals surface area contributed by atoms with E-state index in [1.165, 1.54) is 0 Å². The minimum atomic E-state index is 0.217. The quantitative estimate of drug-likeness (QED) is 0.479. The highest BCUT2D eigenvalue weighted by Crippen LogP contribution is 2.31. The minimum absolute atomic E-state index is 0.217. The Morgan fingerprint density at radius 3 is 2.24 bits per heavy atom. The van der Waals surface area contributed by atoms with Crippen molar-refractivity contribution in [3.63, 3.8) is 0 Å². The van der Waals surface area contributed by atoms with Gasteiger partial charge in [0.25, 0.3) is 0 Å². The molecule has 0 saturated heterocycles. The molecular weight excluding hydrogens is 380 g/mol. The number of halogens is 1. The Kier molecular flexibility index (Phi) is 6.09. The number of hydrogen-bond acceptors (Lipinski definition) is 3. The summed E-state index contributed by atoms with van der Waals surface area (Å²) < 4.78 is 17.3. The molecule has 25 heavy (non-hydrogen) atoms. The highest BCUT2D eigenvalue weighted by molar-refractivity contribution is 9.10. The summed E-state index contributed by atoms with van der Waals surface area (Å²) in [6.07, 6.45) is 0. The van der Waals surface area contributed by atoms with Crippen LogP contribution in [0.3, 0.4) is 0 Å². The van der Waals surface area contributed by atoms with Crippen LogP contribution >= 0.6 is 15.9 Å². The molecule has 0 spiro atoms. The van der Waals surface area contributed by atoms with E-state index in [-0.39, 0.29) is 6.79 Å². The van der Waals surface area contributed by atoms with E-state index in [0.29, 0.717) is 6.61 Å². The summed E-state index contributed by atoms with van der Waals surface area (Å²) in [4.78, 5) is 0. The van der Waals surface area contributed by atoms with E-state index >= 15 is 0 Å². The second-order valence-corrected chi connectivity index (χ2v) is 6.35. The SMILES string of the molecule is COCOc1cc(-c2ccc(OCc3ccccc3)cc2)ccc1Br. The van der Waals surface area contributed by atoms with Crippen LogP contribution in [0.1, 0.15) is 5.56 Å². The Balaban J connectivity index is 1.69. The number of hydrogen-bond donors (Lipinski definition) is 0. The Labute approximate surface area is 156 Å². The average Bonchev–Trinajstić information content (AvgIpc) is 2.67.